The Morgan fingerprint density at radius 2 is 1.62 bits per heavy atom. The molecule has 1 N–H and O–H groups in total. The van der Waals surface area contributed by atoms with Crippen molar-refractivity contribution in [1.82, 2.24) is 24.7 Å². The van der Waals surface area contributed by atoms with E-state index in [2.05, 4.69) is 20.4 Å². The number of fused-ring (bicyclic) bond motifs is 2. The second-order valence-corrected chi connectivity index (χ2v) is 7.89. The van der Waals surface area contributed by atoms with Gasteiger partial charge in [0, 0.05) is 29.4 Å². The van der Waals surface area contributed by atoms with E-state index in [0.29, 0.717) is 11.3 Å². The maximum Gasteiger partial charge on any atom is 0.256 e. The molecule has 1 amide bonds. The van der Waals surface area contributed by atoms with E-state index in [-0.39, 0.29) is 5.91 Å². The third-order valence-electron chi connectivity index (χ3n) is 5.81. The molecule has 7 heteroatoms. The van der Waals surface area contributed by atoms with Gasteiger partial charge in [-0.2, -0.15) is 5.10 Å². The van der Waals surface area contributed by atoms with Crippen LogP contribution in [0.15, 0.2) is 54.7 Å². The van der Waals surface area contributed by atoms with Gasteiger partial charge in [0.15, 0.2) is 0 Å². The highest BCUT2D eigenvalue weighted by atomic mass is 16.1. The van der Waals surface area contributed by atoms with E-state index in [9.17, 15) is 4.79 Å². The highest BCUT2D eigenvalue weighted by Gasteiger charge is 2.17. The molecule has 5 aromatic rings. The second-order valence-electron chi connectivity index (χ2n) is 7.89. The van der Waals surface area contributed by atoms with Crippen LogP contribution < -0.4 is 5.32 Å². The number of benzene rings is 2. The lowest BCUT2D eigenvalue weighted by atomic mass is 10.0. The van der Waals surface area contributed by atoms with Crippen molar-refractivity contribution in [2.45, 2.75) is 20.8 Å². The fraction of sp³-hybridized carbons (Fsp3) is 0.160. The molecule has 0 radical (unpaired) electrons. The van der Waals surface area contributed by atoms with Crippen molar-refractivity contribution in [1.29, 1.82) is 0 Å². The zero-order valence-corrected chi connectivity index (χ0v) is 18.3. The fourth-order valence-corrected chi connectivity index (χ4v) is 3.76. The molecular weight excluding hydrogens is 400 g/mol. The van der Waals surface area contributed by atoms with Crippen LogP contribution in [0.3, 0.4) is 0 Å². The molecule has 0 saturated carbocycles. The van der Waals surface area contributed by atoms with Crippen LogP contribution in [0.5, 0.6) is 0 Å². The van der Waals surface area contributed by atoms with E-state index in [1.807, 2.05) is 76.3 Å². The Morgan fingerprint density at radius 3 is 2.38 bits per heavy atom. The summed E-state index contributed by atoms with van der Waals surface area (Å²) in [4.78, 5) is 27.3. The number of rotatable bonds is 3. The summed E-state index contributed by atoms with van der Waals surface area (Å²) in [5, 5.41) is 8.13. The standard InChI is InChI=1S/C25H22N6O/c1-14-15(2)28-24-11-17(9-10-22(24)27-14)29-25(32)19-12-23(20-13-26-31(4)16(20)3)30-21-8-6-5-7-18(19)21/h5-13H,1-4H3,(H,29,32). The first-order valence-electron chi connectivity index (χ1n) is 10.4. The molecule has 3 aromatic heterocycles. The van der Waals surface area contributed by atoms with Crippen molar-refractivity contribution >= 4 is 33.5 Å². The summed E-state index contributed by atoms with van der Waals surface area (Å²) in [6, 6.07) is 15.1. The predicted molar refractivity (Wildman–Crippen MR) is 126 cm³/mol. The number of hydrogen-bond donors (Lipinski definition) is 1. The molecule has 0 aliphatic heterocycles. The molecule has 5 rings (SSSR count). The summed E-state index contributed by atoms with van der Waals surface area (Å²) in [7, 11) is 1.89. The van der Waals surface area contributed by atoms with Gasteiger partial charge in [-0.1, -0.05) is 18.2 Å². The average molecular weight is 422 g/mol. The number of para-hydroxylation sites is 1. The summed E-state index contributed by atoms with van der Waals surface area (Å²) in [6.45, 7) is 5.85. The van der Waals surface area contributed by atoms with Crippen LogP contribution >= 0.6 is 0 Å². The van der Waals surface area contributed by atoms with Crippen LogP contribution in [-0.2, 0) is 7.05 Å². The van der Waals surface area contributed by atoms with Crippen molar-refractivity contribution in [2.24, 2.45) is 7.05 Å². The number of aromatic nitrogens is 5. The minimum absolute atomic E-state index is 0.206. The van der Waals surface area contributed by atoms with Gasteiger partial charge in [-0.05, 0) is 51.1 Å². The van der Waals surface area contributed by atoms with Gasteiger partial charge in [0.25, 0.3) is 5.91 Å². The minimum atomic E-state index is -0.206. The van der Waals surface area contributed by atoms with Crippen molar-refractivity contribution in [3.05, 3.63) is 77.4 Å². The van der Waals surface area contributed by atoms with Crippen molar-refractivity contribution in [3.63, 3.8) is 0 Å². The van der Waals surface area contributed by atoms with Gasteiger partial charge in [0.05, 0.1) is 45.4 Å². The first-order valence-corrected chi connectivity index (χ1v) is 10.4. The molecule has 2 aromatic carbocycles. The first kappa shape index (κ1) is 19.8. The van der Waals surface area contributed by atoms with E-state index in [1.165, 1.54) is 0 Å². The lowest BCUT2D eigenvalue weighted by molar-refractivity contribution is 0.102. The Kier molecular flexibility index (Phi) is 4.66. The van der Waals surface area contributed by atoms with Crippen LogP contribution in [0.4, 0.5) is 5.69 Å². The van der Waals surface area contributed by atoms with Crippen LogP contribution in [0.25, 0.3) is 33.2 Å². The summed E-state index contributed by atoms with van der Waals surface area (Å²) >= 11 is 0. The molecule has 32 heavy (non-hydrogen) atoms. The van der Waals surface area contributed by atoms with Gasteiger partial charge >= 0.3 is 0 Å². The number of hydrogen-bond acceptors (Lipinski definition) is 5. The Balaban J connectivity index is 1.58. The molecule has 0 saturated heterocycles. The number of aryl methyl sites for hydroxylation is 3. The average Bonchev–Trinajstić information content (AvgIpc) is 3.12. The van der Waals surface area contributed by atoms with Crippen LogP contribution in [0.1, 0.15) is 27.4 Å². The predicted octanol–water partition coefficient (Wildman–Crippen LogP) is 4.76. The summed E-state index contributed by atoms with van der Waals surface area (Å²) in [6.07, 6.45) is 1.78. The van der Waals surface area contributed by atoms with Crippen LogP contribution in [-0.4, -0.2) is 30.6 Å². The Labute approximate surface area is 185 Å². The van der Waals surface area contributed by atoms with Gasteiger partial charge in [0.1, 0.15) is 0 Å². The molecule has 0 aliphatic carbocycles. The van der Waals surface area contributed by atoms with E-state index in [0.717, 1.165) is 50.3 Å². The highest BCUT2D eigenvalue weighted by Crippen LogP contribution is 2.27. The Hall–Kier alpha value is -4.13. The Bertz CT molecular complexity index is 1520. The van der Waals surface area contributed by atoms with Gasteiger partial charge in [-0.3, -0.25) is 9.48 Å². The molecule has 0 atom stereocenters. The van der Waals surface area contributed by atoms with E-state index in [4.69, 9.17) is 4.98 Å². The molecule has 158 valence electrons. The van der Waals surface area contributed by atoms with E-state index in [1.54, 1.807) is 10.9 Å². The molecule has 0 bridgehead atoms. The number of pyridine rings is 1. The SMILES string of the molecule is Cc1nc2ccc(NC(=O)c3cc(-c4cnn(C)c4C)nc4ccccc34)cc2nc1C. The third kappa shape index (κ3) is 3.37. The van der Waals surface area contributed by atoms with Crippen LogP contribution in [0, 0.1) is 20.8 Å². The molecule has 0 unspecified atom stereocenters. The summed E-state index contributed by atoms with van der Waals surface area (Å²) < 4.78 is 1.80. The fourth-order valence-electron chi connectivity index (χ4n) is 3.76. The highest BCUT2D eigenvalue weighted by molar-refractivity contribution is 6.13. The van der Waals surface area contributed by atoms with Gasteiger partial charge in [-0.25, -0.2) is 15.0 Å². The normalized spacial score (nSPS) is 11.2. The monoisotopic (exact) mass is 422 g/mol. The second kappa shape index (κ2) is 7.53. The molecule has 0 fully saturated rings. The number of nitrogens with one attached hydrogen (secondary N) is 1. The number of amides is 1. The van der Waals surface area contributed by atoms with Crippen molar-refractivity contribution < 1.29 is 4.79 Å². The maximum absolute atomic E-state index is 13.4. The topological polar surface area (TPSA) is 85.6 Å². The maximum atomic E-state index is 13.4. The molecular formula is C25H22N6O. The van der Waals surface area contributed by atoms with Gasteiger partial charge in [-0.15, -0.1) is 0 Å². The minimum Gasteiger partial charge on any atom is -0.322 e. The molecule has 7 nitrogen and oxygen atoms in total. The van der Waals surface area contributed by atoms with Crippen LogP contribution in [0.2, 0.25) is 0 Å². The largest absolute Gasteiger partial charge is 0.322 e. The number of carbonyl (C=O) groups is 1. The van der Waals surface area contributed by atoms with E-state index >= 15 is 0 Å². The van der Waals surface area contributed by atoms with Crippen molar-refractivity contribution in [3.8, 4) is 11.3 Å². The Morgan fingerprint density at radius 1 is 0.875 bits per heavy atom. The smallest absolute Gasteiger partial charge is 0.256 e. The molecule has 0 spiro atoms. The molecule has 3 heterocycles. The molecule has 0 aliphatic rings. The lowest BCUT2D eigenvalue weighted by Gasteiger charge is -2.11. The first-order chi connectivity index (χ1) is 15.4. The zero-order chi connectivity index (χ0) is 22.4. The number of anilines is 1. The van der Waals surface area contributed by atoms with Crippen molar-refractivity contribution in [2.75, 3.05) is 5.32 Å². The summed E-state index contributed by atoms with van der Waals surface area (Å²) in [5.41, 5.74) is 7.90. The number of nitrogens with zero attached hydrogens (tertiary/aromatic N) is 5. The zero-order valence-electron chi connectivity index (χ0n) is 18.3. The van der Waals surface area contributed by atoms with Gasteiger partial charge in [0.2, 0.25) is 0 Å². The van der Waals surface area contributed by atoms with E-state index < -0.39 is 0 Å². The quantitative estimate of drug-likeness (QED) is 0.453. The number of carbonyl (C=O) groups excluding carboxylic acids is 1. The van der Waals surface area contributed by atoms with Gasteiger partial charge < -0.3 is 5.32 Å². The lowest BCUT2D eigenvalue weighted by Crippen LogP contribution is -2.13. The third-order valence-corrected chi connectivity index (χ3v) is 5.81. The summed E-state index contributed by atoms with van der Waals surface area (Å²) in [5.74, 6) is -0.206.